The summed E-state index contributed by atoms with van der Waals surface area (Å²) >= 11 is 0. The third-order valence-electron chi connectivity index (χ3n) is 10.4. The van der Waals surface area contributed by atoms with Gasteiger partial charge in [0.1, 0.15) is 24.3 Å². The minimum atomic E-state index is -1.57. The number of aliphatic hydroxyl groups is 1. The molecule has 5 atom stereocenters. The summed E-state index contributed by atoms with van der Waals surface area (Å²) in [4.78, 5) is 75.8. The molecule has 7 N–H and O–H groups in total. The molecule has 2 aliphatic rings. The van der Waals surface area contributed by atoms with Crippen LogP contribution in [0.2, 0.25) is 0 Å². The number of nitrogens with zero attached hydrogens (tertiary/aromatic N) is 2. The molecular weight excluding hydrogens is 752 g/mol. The second-order valence-electron chi connectivity index (χ2n) is 15.8. The zero-order valence-corrected chi connectivity index (χ0v) is 32.8. The van der Waals surface area contributed by atoms with Gasteiger partial charge in [0.15, 0.2) is 0 Å². The third-order valence-corrected chi connectivity index (χ3v) is 10.4. The summed E-state index contributed by atoms with van der Waals surface area (Å²) in [7, 11) is 0. The number of halogens is 2. The van der Waals surface area contributed by atoms with E-state index in [1.54, 1.807) is 12.3 Å². The number of nitrogens with one attached hydrogen (secondary N) is 4. The maximum absolute atomic E-state index is 14.9. The van der Waals surface area contributed by atoms with E-state index in [0.29, 0.717) is 37.1 Å². The molecule has 1 saturated carbocycles. The Balaban J connectivity index is 1.14. The van der Waals surface area contributed by atoms with Gasteiger partial charge in [-0.25, -0.2) is 8.78 Å². The zero-order chi connectivity index (χ0) is 42.1. The number of carbonyl (C=O) groups excluding carboxylic acids is 6. The summed E-state index contributed by atoms with van der Waals surface area (Å²) in [6.07, 6.45) is 4.09. The van der Waals surface area contributed by atoms with Crippen molar-refractivity contribution in [3.63, 3.8) is 0 Å². The highest BCUT2D eigenvalue weighted by Crippen LogP contribution is 2.41. The number of rotatable bonds is 17. The molecule has 310 valence electrons. The van der Waals surface area contributed by atoms with Crippen LogP contribution in [0.15, 0.2) is 72.9 Å². The Bertz CT molecular complexity index is 2010. The lowest BCUT2D eigenvalue weighted by Crippen LogP contribution is -2.51. The molecule has 6 amide bonds. The second kappa shape index (κ2) is 19.1. The zero-order valence-electron chi connectivity index (χ0n) is 32.8. The molecule has 0 bridgehead atoms. The normalized spacial score (nSPS) is 18.2. The summed E-state index contributed by atoms with van der Waals surface area (Å²) in [5, 5.41) is 22.4. The van der Waals surface area contributed by atoms with Crippen molar-refractivity contribution in [2.24, 2.45) is 17.1 Å². The van der Waals surface area contributed by atoms with E-state index in [1.807, 2.05) is 55.7 Å². The maximum atomic E-state index is 14.9. The Morgan fingerprint density at radius 2 is 1.59 bits per heavy atom. The van der Waals surface area contributed by atoms with Crippen molar-refractivity contribution < 1.29 is 42.7 Å². The van der Waals surface area contributed by atoms with E-state index in [2.05, 4.69) is 21.3 Å². The number of benzene rings is 2. The molecule has 5 rings (SSSR count). The lowest BCUT2D eigenvalue weighted by molar-refractivity contribution is -0.141. The maximum Gasteiger partial charge on any atom is 0.254 e. The van der Waals surface area contributed by atoms with E-state index in [1.165, 1.54) is 0 Å². The molecule has 0 radical (unpaired) electrons. The molecule has 2 aromatic carbocycles. The van der Waals surface area contributed by atoms with Gasteiger partial charge in [0, 0.05) is 73.3 Å². The van der Waals surface area contributed by atoms with Crippen LogP contribution in [0.25, 0.3) is 11.1 Å². The van der Waals surface area contributed by atoms with E-state index >= 15 is 0 Å². The van der Waals surface area contributed by atoms with Crippen molar-refractivity contribution >= 4 is 35.4 Å². The van der Waals surface area contributed by atoms with Crippen LogP contribution >= 0.6 is 0 Å². The minimum Gasteiger partial charge on any atom is -0.383 e. The van der Waals surface area contributed by atoms with Crippen molar-refractivity contribution in [3.05, 3.63) is 95.8 Å². The first-order chi connectivity index (χ1) is 27.5. The number of aromatic nitrogens is 1. The first-order valence-electron chi connectivity index (χ1n) is 19.3. The molecule has 14 nitrogen and oxygen atoms in total. The summed E-state index contributed by atoms with van der Waals surface area (Å²) < 4.78 is 31.0. The summed E-state index contributed by atoms with van der Waals surface area (Å²) in [6.45, 7) is 5.64. The van der Waals surface area contributed by atoms with Crippen LogP contribution in [0.5, 0.6) is 0 Å². The van der Waals surface area contributed by atoms with Gasteiger partial charge < -0.3 is 36.7 Å². The molecule has 3 aromatic rings. The molecule has 2 heterocycles. The Morgan fingerprint density at radius 3 is 2.28 bits per heavy atom. The molecule has 1 fully saturated rings. The fraction of sp³-hybridized carbons (Fsp3) is 0.429. The number of amides is 6. The van der Waals surface area contributed by atoms with E-state index in [4.69, 9.17) is 5.73 Å². The lowest BCUT2D eigenvalue weighted by Gasteiger charge is -2.35. The van der Waals surface area contributed by atoms with Crippen LogP contribution in [-0.4, -0.2) is 94.4 Å². The fourth-order valence-electron chi connectivity index (χ4n) is 7.43. The van der Waals surface area contributed by atoms with Crippen LogP contribution in [0.3, 0.4) is 0 Å². The molecule has 1 aromatic heterocycles. The Morgan fingerprint density at radius 1 is 0.897 bits per heavy atom. The van der Waals surface area contributed by atoms with Gasteiger partial charge >= 0.3 is 0 Å². The average molecular weight is 804 g/mol. The van der Waals surface area contributed by atoms with Gasteiger partial charge in [-0.3, -0.25) is 33.7 Å². The van der Waals surface area contributed by atoms with Crippen molar-refractivity contribution in [1.82, 2.24) is 30.7 Å². The van der Waals surface area contributed by atoms with E-state index in [9.17, 15) is 42.7 Å². The van der Waals surface area contributed by atoms with Gasteiger partial charge in [0.25, 0.3) is 11.8 Å². The Kier molecular flexibility index (Phi) is 14.3. The van der Waals surface area contributed by atoms with Crippen LogP contribution in [0.4, 0.5) is 8.78 Å². The van der Waals surface area contributed by atoms with Gasteiger partial charge in [-0.15, -0.1) is 0 Å². The quantitative estimate of drug-likeness (QED) is 0.0881. The lowest BCUT2D eigenvalue weighted by atomic mass is 9.74. The SMILES string of the molecule is CC(C)(C)[C@H](c1cc(-c2cc(F)ccc2F)cn1Cc1ccccc1)C(O)C(=O)NCC[C@H](N)C(=O)N[C@H]1CCC[C@H]1C(=O)NCCNC(=O)CN1C(=O)C=CC1=O. The van der Waals surface area contributed by atoms with Crippen LogP contribution in [0, 0.1) is 23.0 Å². The molecule has 0 saturated heterocycles. The molecule has 58 heavy (non-hydrogen) atoms. The largest absolute Gasteiger partial charge is 0.383 e. The first kappa shape index (κ1) is 43.4. The highest BCUT2D eigenvalue weighted by molar-refractivity contribution is 6.14. The van der Waals surface area contributed by atoms with E-state index < -0.39 is 83.2 Å². The van der Waals surface area contributed by atoms with Gasteiger partial charge in [0.05, 0.1) is 12.0 Å². The van der Waals surface area contributed by atoms with Crippen molar-refractivity contribution in [1.29, 1.82) is 0 Å². The van der Waals surface area contributed by atoms with E-state index in [0.717, 1.165) is 40.8 Å². The van der Waals surface area contributed by atoms with Crippen molar-refractivity contribution in [2.45, 2.75) is 77.1 Å². The molecule has 1 aliphatic heterocycles. The van der Waals surface area contributed by atoms with Crippen LogP contribution in [-0.2, 0) is 35.3 Å². The van der Waals surface area contributed by atoms with Crippen molar-refractivity contribution in [2.75, 3.05) is 26.2 Å². The number of hydrogen-bond donors (Lipinski definition) is 6. The van der Waals surface area contributed by atoms with E-state index in [-0.39, 0.29) is 37.5 Å². The number of nitrogens with two attached hydrogens (primary N) is 1. The van der Waals surface area contributed by atoms with Gasteiger partial charge in [0.2, 0.25) is 23.6 Å². The second-order valence-corrected chi connectivity index (χ2v) is 15.8. The van der Waals surface area contributed by atoms with Crippen LogP contribution in [0.1, 0.15) is 63.6 Å². The predicted molar refractivity (Wildman–Crippen MR) is 210 cm³/mol. The van der Waals surface area contributed by atoms with Gasteiger partial charge in [-0.2, -0.15) is 0 Å². The number of hydrogen-bond acceptors (Lipinski definition) is 8. The molecule has 1 aliphatic carbocycles. The smallest absolute Gasteiger partial charge is 0.254 e. The number of carbonyl (C=O) groups is 6. The predicted octanol–water partition coefficient (Wildman–Crippen LogP) is 2.25. The Labute approximate surface area is 335 Å². The molecular formula is C42H51F2N7O7. The summed E-state index contributed by atoms with van der Waals surface area (Å²) in [5.74, 6) is -5.76. The minimum absolute atomic E-state index is 0.0336. The number of aliphatic hydroxyl groups excluding tert-OH is 1. The first-order valence-corrected chi connectivity index (χ1v) is 19.3. The third kappa shape index (κ3) is 11.0. The highest BCUT2D eigenvalue weighted by Gasteiger charge is 2.39. The topological polar surface area (TPSA) is 205 Å². The molecule has 1 unspecified atom stereocenters. The summed E-state index contributed by atoms with van der Waals surface area (Å²) in [5.41, 5.74) is 7.40. The molecule has 16 heteroatoms. The van der Waals surface area contributed by atoms with Gasteiger partial charge in [-0.1, -0.05) is 57.5 Å². The van der Waals surface area contributed by atoms with Gasteiger partial charge in [-0.05, 0) is 54.5 Å². The number of imide groups is 1. The standard InChI is InChI=1S/C42H51F2N7O7/c1-42(2,3)37(33-20-26(29-21-27(43)12-13-30(29)44)23-50(33)22-25-8-5-4-6-9-25)38(55)41(58)47-17-16-31(45)40(57)49-32-11-7-10-28(32)39(56)48-19-18-46-34(52)24-51-35(53)14-15-36(51)54/h4-6,8-9,12-15,20-21,23,28,31-32,37-38,55H,7,10-11,16-19,22,24,45H2,1-3H3,(H,46,52)(H,47,58)(H,48,56)(H,49,57)/t28-,31+,32+,37-,38?/m1/s1. The monoisotopic (exact) mass is 803 g/mol. The Hall–Kier alpha value is -5.74. The molecule has 0 spiro atoms. The average Bonchev–Trinajstić information content (AvgIpc) is 3.89. The highest BCUT2D eigenvalue weighted by atomic mass is 19.1. The summed E-state index contributed by atoms with van der Waals surface area (Å²) in [6, 6.07) is 12.8. The fourth-order valence-corrected chi connectivity index (χ4v) is 7.43. The van der Waals surface area contributed by atoms with Crippen molar-refractivity contribution in [3.8, 4) is 11.1 Å². The van der Waals surface area contributed by atoms with Crippen LogP contribution < -0.4 is 27.0 Å².